The second-order valence-corrected chi connectivity index (χ2v) is 6.47. The highest BCUT2D eigenvalue weighted by Crippen LogP contribution is 2.31. The lowest BCUT2D eigenvalue weighted by Crippen LogP contribution is -2.24. The lowest BCUT2D eigenvalue weighted by molar-refractivity contribution is -0.121. The monoisotopic (exact) mass is 424 g/mol. The van der Waals surface area contributed by atoms with E-state index in [1.54, 1.807) is 12.4 Å². The Kier molecular flexibility index (Phi) is 6.26. The summed E-state index contributed by atoms with van der Waals surface area (Å²) in [7, 11) is 0. The van der Waals surface area contributed by atoms with Crippen LogP contribution in [0.25, 0.3) is 0 Å². The molecule has 0 aromatic carbocycles. The van der Waals surface area contributed by atoms with Crippen LogP contribution in [0.2, 0.25) is 0 Å². The molecule has 2 aromatic rings. The van der Waals surface area contributed by atoms with Crippen molar-refractivity contribution in [2.45, 2.75) is 25.7 Å². The molecular weight excluding hydrogens is 408 g/mol. The molecular formula is C17H18Br2N2O. The van der Waals surface area contributed by atoms with Crippen LogP contribution in [-0.2, 0) is 4.79 Å². The van der Waals surface area contributed by atoms with Crippen molar-refractivity contribution in [1.82, 2.24) is 9.97 Å². The molecule has 0 saturated carbocycles. The standard InChI is InChI=1S/C17H18Br2N2O/c1-11-13(5-3-7-20-11)15(9-18)17(22)16(10-19)14-6-4-8-21-12(14)2/h3-8,15-16H,9-10H2,1-2H3. The fourth-order valence-electron chi connectivity index (χ4n) is 2.60. The van der Waals surface area contributed by atoms with E-state index in [9.17, 15) is 4.79 Å². The highest BCUT2D eigenvalue weighted by molar-refractivity contribution is 9.09. The first-order valence-electron chi connectivity index (χ1n) is 7.08. The maximum Gasteiger partial charge on any atom is 0.149 e. The Morgan fingerprint density at radius 1 is 0.955 bits per heavy atom. The van der Waals surface area contributed by atoms with Gasteiger partial charge < -0.3 is 0 Å². The van der Waals surface area contributed by atoms with Crippen molar-refractivity contribution in [2.75, 3.05) is 10.7 Å². The van der Waals surface area contributed by atoms with E-state index in [2.05, 4.69) is 41.8 Å². The molecule has 3 nitrogen and oxygen atoms in total. The predicted octanol–water partition coefficient (Wildman–Crippen LogP) is 4.32. The van der Waals surface area contributed by atoms with Crippen LogP contribution >= 0.6 is 31.9 Å². The Labute approximate surface area is 147 Å². The van der Waals surface area contributed by atoms with Crippen LogP contribution < -0.4 is 0 Å². The first kappa shape index (κ1) is 17.3. The lowest BCUT2D eigenvalue weighted by atomic mass is 9.85. The van der Waals surface area contributed by atoms with E-state index in [-0.39, 0.29) is 17.6 Å². The second-order valence-electron chi connectivity index (χ2n) is 5.17. The van der Waals surface area contributed by atoms with Gasteiger partial charge in [-0.2, -0.15) is 0 Å². The Balaban J connectivity index is 2.39. The van der Waals surface area contributed by atoms with E-state index in [0.717, 1.165) is 22.5 Å². The van der Waals surface area contributed by atoms with Gasteiger partial charge in [0.25, 0.3) is 0 Å². The molecule has 0 amide bonds. The van der Waals surface area contributed by atoms with Crippen molar-refractivity contribution in [3.63, 3.8) is 0 Å². The zero-order valence-electron chi connectivity index (χ0n) is 12.6. The van der Waals surface area contributed by atoms with Crippen molar-refractivity contribution < 1.29 is 4.79 Å². The third-order valence-corrected chi connectivity index (χ3v) is 5.14. The molecule has 2 unspecified atom stereocenters. The number of hydrogen-bond donors (Lipinski definition) is 0. The van der Waals surface area contributed by atoms with Gasteiger partial charge in [-0.1, -0.05) is 44.0 Å². The van der Waals surface area contributed by atoms with Crippen LogP contribution in [0.4, 0.5) is 0 Å². The molecule has 2 heterocycles. The number of carbonyl (C=O) groups is 1. The second kappa shape index (κ2) is 7.97. The van der Waals surface area contributed by atoms with Gasteiger partial charge >= 0.3 is 0 Å². The number of nitrogens with zero attached hydrogens (tertiary/aromatic N) is 2. The number of ketones is 1. The summed E-state index contributed by atoms with van der Waals surface area (Å²) in [6.45, 7) is 3.88. The third kappa shape index (κ3) is 3.63. The zero-order valence-corrected chi connectivity index (χ0v) is 15.8. The smallest absolute Gasteiger partial charge is 0.149 e. The normalized spacial score (nSPS) is 13.6. The maximum atomic E-state index is 13.1. The number of carbonyl (C=O) groups excluding carboxylic acids is 1. The number of rotatable bonds is 6. The maximum absolute atomic E-state index is 13.1. The lowest BCUT2D eigenvalue weighted by Gasteiger charge is -2.22. The van der Waals surface area contributed by atoms with Crippen LogP contribution in [0, 0.1) is 13.8 Å². The van der Waals surface area contributed by atoms with E-state index in [4.69, 9.17) is 0 Å². The van der Waals surface area contributed by atoms with Gasteiger partial charge in [0.1, 0.15) is 5.78 Å². The molecule has 0 aliphatic carbocycles. The van der Waals surface area contributed by atoms with Gasteiger partial charge in [-0.3, -0.25) is 14.8 Å². The van der Waals surface area contributed by atoms with Crippen molar-refractivity contribution in [3.05, 3.63) is 59.2 Å². The molecule has 0 N–H and O–H groups in total. The van der Waals surface area contributed by atoms with E-state index in [0.29, 0.717) is 10.7 Å². The minimum absolute atomic E-state index is 0.181. The summed E-state index contributed by atoms with van der Waals surface area (Å²) in [6.07, 6.45) is 3.50. The predicted molar refractivity (Wildman–Crippen MR) is 96.0 cm³/mol. The van der Waals surface area contributed by atoms with Crippen LogP contribution in [0.15, 0.2) is 36.7 Å². The largest absolute Gasteiger partial charge is 0.298 e. The Bertz CT molecular complexity index is 605. The number of pyridine rings is 2. The number of halogens is 2. The summed E-state index contributed by atoms with van der Waals surface area (Å²) >= 11 is 6.99. The molecule has 0 aliphatic rings. The summed E-state index contributed by atoms with van der Waals surface area (Å²) < 4.78 is 0. The molecule has 22 heavy (non-hydrogen) atoms. The summed E-state index contributed by atoms with van der Waals surface area (Å²) in [5, 5.41) is 1.17. The van der Waals surface area contributed by atoms with Gasteiger partial charge in [0.05, 0.1) is 11.8 Å². The molecule has 2 rings (SSSR count). The fraction of sp³-hybridized carbons (Fsp3) is 0.353. The van der Waals surface area contributed by atoms with Gasteiger partial charge in [-0.25, -0.2) is 0 Å². The average Bonchev–Trinajstić information content (AvgIpc) is 2.52. The van der Waals surface area contributed by atoms with Crippen LogP contribution in [0.1, 0.15) is 34.4 Å². The molecule has 0 radical (unpaired) electrons. The minimum atomic E-state index is -0.212. The van der Waals surface area contributed by atoms with E-state index in [1.165, 1.54) is 0 Å². The van der Waals surface area contributed by atoms with Gasteiger partial charge in [0.15, 0.2) is 0 Å². The van der Waals surface area contributed by atoms with Crippen LogP contribution in [-0.4, -0.2) is 26.4 Å². The highest BCUT2D eigenvalue weighted by Gasteiger charge is 2.30. The SMILES string of the molecule is Cc1ncccc1C(CBr)C(=O)C(CBr)c1cccnc1C. The minimum Gasteiger partial charge on any atom is -0.298 e. The first-order valence-corrected chi connectivity index (χ1v) is 9.33. The van der Waals surface area contributed by atoms with E-state index in [1.807, 2.05) is 38.1 Å². The summed E-state index contributed by atoms with van der Waals surface area (Å²) in [4.78, 5) is 21.7. The molecule has 0 fully saturated rings. The fourth-order valence-corrected chi connectivity index (χ4v) is 3.93. The first-order chi connectivity index (χ1) is 10.6. The summed E-state index contributed by atoms with van der Waals surface area (Å²) in [6, 6.07) is 7.72. The van der Waals surface area contributed by atoms with E-state index < -0.39 is 0 Å². The van der Waals surface area contributed by atoms with Crippen LogP contribution in [0.3, 0.4) is 0 Å². The number of alkyl halides is 2. The molecule has 0 bridgehead atoms. The zero-order chi connectivity index (χ0) is 16.1. The van der Waals surface area contributed by atoms with Crippen molar-refractivity contribution in [2.24, 2.45) is 0 Å². The quantitative estimate of drug-likeness (QED) is 0.647. The molecule has 5 heteroatoms. The van der Waals surface area contributed by atoms with Gasteiger partial charge in [-0.05, 0) is 37.1 Å². The van der Waals surface area contributed by atoms with Gasteiger partial charge in [0, 0.05) is 34.4 Å². The Hall–Kier alpha value is -1.07. The third-order valence-electron chi connectivity index (χ3n) is 3.84. The number of Topliss-reactive ketones (excluding diaryl/α,β-unsaturated/α-hetero) is 1. The van der Waals surface area contributed by atoms with Crippen molar-refractivity contribution in [3.8, 4) is 0 Å². The summed E-state index contributed by atoms with van der Waals surface area (Å²) in [5.41, 5.74) is 3.77. The average molecular weight is 426 g/mol. The summed E-state index contributed by atoms with van der Waals surface area (Å²) in [5.74, 6) is -0.243. The number of aromatic nitrogens is 2. The van der Waals surface area contributed by atoms with Crippen LogP contribution in [0.5, 0.6) is 0 Å². The topological polar surface area (TPSA) is 42.9 Å². The Morgan fingerprint density at radius 2 is 1.36 bits per heavy atom. The highest BCUT2D eigenvalue weighted by atomic mass is 79.9. The van der Waals surface area contributed by atoms with E-state index >= 15 is 0 Å². The Morgan fingerprint density at radius 3 is 1.68 bits per heavy atom. The van der Waals surface area contributed by atoms with Crippen molar-refractivity contribution >= 4 is 37.6 Å². The van der Waals surface area contributed by atoms with Gasteiger partial charge in [0.2, 0.25) is 0 Å². The number of hydrogen-bond acceptors (Lipinski definition) is 3. The molecule has 0 saturated heterocycles. The number of aryl methyl sites for hydroxylation is 2. The van der Waals surface area contributed by atoms with Crippen molar-refractivity contribution in [1.29, 1.82) is 0 Å². The molecule has 0 spiro atoms. The van der Waals surface area contributed by atoms with Gasteiger partial charge in [-0.15, -0.1) is 0 Å². The molecule has 2 atom stereocenters. The molecule has 116 valence electrons. The molecule has 0 aliphatic heterocycles. The molecule has 2 aromatic heterocycles.